The summed E-state index contributed by atoms with van der Waals surface area (Å²) in [6.45, 7) is 2.39. The van der Waals surface area contributed by atoms with Gasteiger partial charge in [0.05, 0.1) is 0 Å². The molecule has 0 spiro atoms. The van der Waals surface area contributed by atoms with Gasteiger partial charge in [-0.25, -0.2) is 19.9 Å². The highest BCUT2D eigenvalue weighted by molar-refractivity contribution is 5.98. The van der Waals surface area contributed by atoms with E-state index in [-0.39, 0.29) is 13.1 Å². The second kappa shape index (κ2) is 9.41. The lowest BCUT2D eigenvalue weighted by molar-refractivity contribution is -0.138. The van der Waals surface area contributed by atoms with Crippen molar-refractivity contribution in [2.45, 2.75) is 12.5 Å². The van der Waals surface area contributed by atoms with Crippen molar-refractivity contribution in [3.8, 4) is 11.5 Å². The highest BCUT2D eigenvalue weighted by Crippen LogP contribution is 2.22. The fourth-order valence-electron chi connectivity index (χ4n) is 3.41. The van der Waals surface area contributed by atoms with Gasteiger partial charge >= 0.3 is 0 Å². The molecule has 4 aromatic rings. The van der Waals surface area contributed by atoms with Crippen LogP contribution >= 0.6 is 0 Å². The van der Waals surface area contributed by atoms with E-state index in [0.717, 1.165) is 5.69 Å². The lowest BCUT2D eigenvalue weighted by atomic mass is 9.96. The first-order chi connectivity index (χ1) is 17.0. The lowest BCUT2D eigenvalue weighted by Gasteiger charge is -2.35. The number of aliphatic hydroxyl groups is 1. The Hall–Kier alpha value is -4.48. The zero-order chi connectivity index (χ0) is 24.3. The van der Waals surface area contributed by atoms with Crippen LogP contribution in [0.15, 0.2) is 67.0 Å². The third-order valence-electron chi connectivity index (χ3n) is 5.32. The van der Waals surface area contributed by atoms with Crippen LogP contribution in [0.4, 0.5) is 29.0 Å². The van der Waals surface area contributed by atoms with Crippen LogP contribution in [-0.2, 0) is 4.79 Å². The number of aromatic nitrogens is 5. The smallest absolute Gasteiger partial charge is 0.259 e. The maximum absolute atomic E-state index is 12.3. The normalized spacial score (nSPS) is 14.0. The second-order valence-corrected chi connectivity index (χ2v) is 8.12. The molecular weight excluding hydrogens is 446 g/mol. The molecular formula is C24H23N9O2. The van der Waals surface area contributed by atoms with Gasteiger partial charge in [-0.1, -0.05) is 12.1 Å². The number of β-amino-alcohol motifs (C(OH)–C–C–N with tert-alkyl or cyclic N) is 1. The number of carbonyl (C=O) groups excluding carboxylic acids is 1. The minimum absolute atomic E-state index is 0.236. The number of nitrogens with one attached hydrogen (secondary N) is 4. The van der Waals surface area contributed by atoms with Crippen LogP contribution in [0.25, 0.3) is 11.5 Å². The monoisotopic (exact) mass is 469 g/mol. The molecule has 35 heavy (non-hydrogen) atoms. The van der Waals surface area contributed by atoms with Crippen molar-refractivity contribution >= 4 is 34.9 Å². The Bertz CT molecular complexity index is 1370. The third-order valence-corrected chi connectivity index (χ3v) is 5.32. The van der Waals surface area contributed by atoms with Crippen LogP contribution in [0.2, 0.25) is 0 Å². The van der Waals surface area contributed by atoms with E-state index >= 15 is 0 Å². The average molecular weight is 470 g/mol. The van der Waals surface area contributed by atoms with Gasteiger partial charge in [0, 0.05) is 42.6 Å². The first-order valence-corrected chi connectivity index (χ1v) is 11.0. The molecule has 176 valence electrons. The number of pyridine rings is 1. The Labute approximate surface area is 201 Å². The molecule has 5 rings (SSSR count). The quantitative estimate of drug-likeness (QED) is 0.273. The van der Waals surface area contributed by atoms with Gasteiger partial charge in [0.1, 0.15) is 17.3 Å². The SMILES string of the molecule is Cc1cccc(-c2nccc(Nc3ccnc(Nc4cccc(NC(=O)C5(O)CNC5)c4)n3)n2)n1. The van der Waals surface area contributed by atoms with Crippen LogP contribution in [0.1, 0.15) is 5.69 Å². The largest absolute Gasteiger partial charge is 0.377 e. The van der Waals surface area contributed by atoms with E-state index in [2.05, 4.69) is 46.2 Å². The van der Waals surface area contributed by atoms with Gasteiger partial charge in [0.2, 0.25) is 5.95 Å². The van der Waals surface area contributed by atoms with E-state index in [1.54, 1.807) is 42.7 Å². The molecule has 0 bridgehead atoms. The van der Waals surface area contributed by atoms with Crippen molar-refractivity contribution in [2.75, 3.05) is 29.0 Å². The van der Waals surface area contributed by atoms with Crippen LogP contribution < -0.4 is 21.3 Å². The molecule has 1 aliphatic heterocycles. The number of nitrogens with zero attached hydrogens (tertiary/aromatic N) is 5. The number of amides is 1. The van der Waals surface area contributed by atoms with Gasteiger partial charge in [-0.3, -0.25) is 4.79 Å². The molecule has 1 saturated heterocycles. The van der Waals surface area contributed by atoms with Gasteiger partial charge in [-0.15, -0.1) is 0 Å². The van der Waals surface area contributed by atoms with E-state index in [1.807, 2.05) is 31.2 Å². The van der Waals surface area contributed by atoms with E-state index < -0.39 is 11.5 Å². The molecule has 1 aromatic carbocycles. The predicted octanol–water partition coefficient (Wildman–Crippen LogP) is 2.40. The molecule has 11 nitrogen and oxygen atoms in total. The molecule has 0 radical (unpaired) electrons. The Balaban J connectivity index is 1.28. The standard InChI is InChI=1S/C24H23N9O2/c1-15-4-2-7-18(28-15)21-26-10-8-19(32-21)31-20-9-11-27-23(33-20)30-17-6-3-5-16(12-17)29-22(34)24(35)13-25-14-24/h2-12,25,35H,13-14H2,1H3,(H,29,34)(H2,26,27,30,31,32,33). The van der Waals surface area contributed by atoms with Gasteiger partial charge in [-0.2, -0.15) is 4.98 Å². The highest BCUT2D eigenvalue weighted by atomic mass is 16.3. The molecule has 0 atom stereocenters. The summed E-state index contributed by atoms with van der Waals surface area (Å²) < 4.78 is 0. The van der Waals surface area contributed by atoms with Gasteiger partial charge in [-0.05, 0) is 49.4 Å². The number of rotatable bonds is 7. The van der Waals surface area contributed by atoms with E-state index in [9.17, 15) is 9.90 Å². The zero-order valence-corrected chi connectivity index (χ0v) is 18.9. The van der Waals surface area contributed by atoms with Crippen LogP contribution in [0.3, 0.4) is 0 Å². The molecule has 4 heterocycles. The predicted molar refractivity (Wildman–Crippen MR) is 131 cm³/mol. The summed E-state index contributed by atoms with van der Waals surface area (Å²) in [5, 5.41) is 22.1. The third kappa shape index (κ3) is 5.21. The number of hydrogen-bond acceptors (Lipinski definition) is 10. The van der Waals surface area contributed by atoms with Gasteiger partial charge in [0.15, 0.2) is 11.4 Å². The molecule has 1 fully saturated rings. The molecule has 0 unspecified atom stereocenters. The maximum Gasteiger partial charge on any atom is 0.259 e. The van der Waals surface area contributed by atoms with Crippen LogP contribution in [-0.4, -0.2) is 54.6 Å². The number of aryl methyl sites for hydroxylation is 1. The lowest BCUT2D eigenvalue weighted by Crippen LogP contribution is -2.65. The summed E-state index contributed by atoms with van der Waals surface area (Å²) in [6, 6.07) is 16.2. The molecule has 5 N–H and O–H groups in total. The summed E-state index contributed by atoms with van der Waals surface area (Å²) in [5.74, 6) is 1.52. The Morgan fingerprint density at radius 3 is 2.43 bits per heavy atom. The summed E-state index contributed by atoms with van der Waals surface area (Å²) in [5.41, 5.74) is 1.42. The highest BCUT2D eigenvalue weighted by Gasteiger charge is 2.42. The Morgan fingerprint density at radius 2 is 1.66 bits per heavy atom. The van der Waals surface area contributed by atoms with E-state index in [1.165, 1.54) is 0 Å². The number of benzene rings is 1. The average Bonchev–Trinajstić information content (AvgIpc) is 2.83. The fraction of sp³-hybridized carbons (Fsp3) is 0.167. The molecule has 11 heteroatoms. The molecule has 0 saturated carbocycles. The van der Waals surface area contributed by atoms with E-state index in [4.69, 9.17) is 0 Å². The minimum atomic E-state index is -1.37. The second-order valence-electron chi connectivity index (χ2n) is 8.12. The van der Waals surface area contributed by atoms with Crippen molar-refractivity contribution in [3.05, 3.63) is 72.7 Å². The first kappa shape index (κ1) is 22.3. The van der Waals surface area contributed by atoms with Crippen LogP contribution in [0, 0.1) is 6.92 Å². The summed E-state index contributed by atoms with van der Waals surface area (Å²) >= 11 is 0. The fourth-order valence-corrected chi connectivity index (χ4v) is 3.41. The summed E-state index contributed by atoms with van der Waals surface area (Å²) in [4.78, 5) is 34.3. The van der Waals surface area contributed by atoms with Crippen LogP contribution in [0.5, 0.6) is 0 Å². The topological polar surface area (TPSA) is 150 Å². The van der Waals surface area contributed by atoms with Gasteiger partial charge in [0.25, 0.3) is 5.91 Å². The number of carbonyl (C=O) groups is 1. The van der Waals surface area contributed by atoms with Crippen molar-refractivity contribution in [2.24, 2.45) is 0 Å². The van der Waals surface area contributed by atoms with Crippen molar-refractivity contribution in [1.82, 2.24) is 30.2 Å². The van der Waals surface area contributed by atoms with Crippen molar-refractivity contribution in [1.29, 1.82) is 0 Å². The summed E-state index contributed by atoms with van der Waals surface area (Å²) in [6.07, 6.45) is 3.28. The van der Waals surface area contributed by atoms with Crippen molar-refractivity contribution in [3.63, 3.8) is 0 Å². The molecule has 1 aliphatic rings. The molecule has 0 aliphatic carbocycles. The minimum Gasteiger partial charge on any atom is -0.377 e. The Morgan fingerprint density at radius 1 is 0.914 bits per heavy atom. The Kier molecular flexibility index (Phi) is 6.00. The maximum atomic E-state index is 12.3. The summed E-state index contributed by atoms with van der Waals surface area (Å²) in [7, 11) is 0. The number of anilines is 5. The number of hydrogen-bond donors (Lipinski definition) is 5. The van der Waals surface area contributed by atoms with E-state index in [0.29, 0.717) is 40.5 Å². The molecule has 3 aromatic heterocycles. The van der Waals surface area contributed by atoms with Gasteiger partial charge < -0.3 is 26.4 Å². The van der Waals surface area contributed by atoms with Crippen molar-refractivity contribution < 1.29 is 9.90 Å². The molecule has 1 amide bonds. The zero-order valence-electron chi connectivity index (χ0n) is 18.9. The first-order valence-electron chi connectivity index (χ1n) is 11.0.